The van der Waals surface area contributed by atoms with Crippen molar-refractivity contribution in [3.63, 3.8) is 0 Å². The van der Waals surface area contributed by atoms with E-state index in [0.717, 1.165) is 18.9 Å². The normalized spacial score (nSPS) is 5.94. The molecule has 104 valence electrons. The van der Waals surface area contributed by atoms with Crippen LogP contribution >= 0.6 is 0 Å². The van der Waals surface area contributed by atoms with Gasteiger partial charge in [-0.3, -0.25) is 9.59 Å². The molecule has 0 aliphatic carbocycles. The molecule has 0 rings (SSSR count). The lowest BCUT2D eigenvalue weighted by molar-refractivity contribution is -0.108. The Bertz CT molecular complexity index is 192. The van der Waals surface area contributed by atoms with Gasteiger partial charge in [-0.05, 0) is 26.0 Å². The molecule has 0 saturated carbocycles. The zero-order valence-electron chi connectivity index (χ0n) is 11.2. The van der Waals surface area contributed by atoms with E-state index in [1.807, 2.05) is 13.7 Å². The molecule has 0 aromatic heterocycles. The standard InChI is InChI=1S/C4H6O.C3H6O.C3H4O.C2H4O.CH2O/c1-2-3-4-5;2*1-2-3-4;1-2-3;1-2/h2-4H,1H3;3H,2H2,1H3;2-3H,1H2;2H,1H3;1H2/b3-2+;;;;. The van der Waals surface area contributed by atoms with Gasteiger partial charge in [-0.15, -0.1) is 0 Å². The molecule has 0 fully saturated rings. The van der Waals surface area contributed by atoms with Crippen LogP contribution in [0, 0.1) is 0 Å². The van der Waals surface area contributed by atoms with Gasteiger partial charge in [0.15, 0.2) is 0 Å². The zero-order chi connectivity index (χ0) is 15.7. The highest BCUT2D eigenvalue weighted by molar-refractivity contribution is 5.64. The summed E-state index contributed by atoms with van der Waals surface area (Å²) in [4.78, 5) is 44.4. The first-order valence-corrected chi connectivity index (χ1v) is 4.91. The Morgan fingerprint density at radius 3 is 1.22 bits per heavy atom. The first kappa shape index (κ1) is 29.7. The van der Waals surface area contributed by atoms with Gasteiger partial charge in [0, 0.05) is 6.42 Å². The van der Waals surface area contributed by atoms with E-state index in [2.05, 4.69) is 6.58 Å². The van der Waals surface area contributed by atoms with Crippen LogP contribution in [-0.4, -0.2) is 31.9 Å². The highest BCUT2D eigenvalue weighted by Gasteiger charge is 1.52. The van der Waals surface area contributed by atoms with Crippen molar-refractivity contribution in [3.05, 3.63) is 24.8 Å². The maximum Gasteiger partial charge on any atom is 0.142 e. The van der Waals surface area contributed by atoms with Gasteiger partial charge in [0.2, 0.25) is 0 Å². The van der Waals surface area contributed by atoms with Crippen LogP contribution in [0.25, 0.3) is 0 Å². The fraction of sp³-hybridized carbons (Fsp3) is 0.308. The van der Waals surface area contributed by atoms with Crippen LogP contribution in [0.5, 0.6) is 0 Å². The molecule has 0 unspecified atom stereocenters. The second-order valence-electron chi connectivity index (χ2n) is 1.84. The summed E-state index contributed by atoms with van der Waals surface area (Å²) < 4.78 is 0. The van der Waals surface area contributed by atoms with E-state index in [1.165, 1.54) is 19.1 Å². The number of aldehydes is 4. The summed E-state index contributed by atoms with van der Waals surface area (Å²) in [6, 6.07) is 0. The predicted octanol–water partition coefficient (Wildman–Crippen LogP) is 1.75. The molecular formula is C13H22O5. The molecule has 0 bridgehead atoms. The molecule has 0 amide bonds. The van der Waals surface area contributed by atoms with Gasteiger partial charge in [0.1, 0.15) is 31.9 Å². The first-order valence-electron chi connectivity index (χ1n) is 4.91. The van der Waals surface area contributed by atoms with Crippen LogP contribution in [0.1, 0.15) is 27.2 Å². The molecule has 0 heterocycles. The van der Waals surface area contributed by atoms with Crippen molar-refractivity contribution >= 4 is 31.9 Å². The number of hydrogen-bond acceptors (Lipinski definition) is 5. The Balaban J connectivity index is -0.0000000404. The van der Waals surface area contributed by atoms with E-state index in [9.17, 15) is 9.59 Å². The third kappa shape index (κ3) is 680. The Morgan fingerprint density at radius 1 is 0.944 bits per heavy atom. The zero-order valence-corrected chi connectivity index (χ0v) is 11.2. The SMILES string of the molecule is C/C=C/C=O.C=CC=O.C=O.CC=O.CCC=O. The molecule has 5 heteroatoms. The highest BCUT2D eigenvalue weighted by Crippen LogP contribution is 1.55. The predicted molar refractivity (Wildman–Crippen MR) is 72.4 cm³/mol. The van der Waals surface area contributed by atoms with Crippen LogP contribution in [0.2, 0.25) is 0 Å². The van der Waals surface area contributed by atoms with E-state index in [1.54, 1.807) is 13.0 Å². The van der Waals surface area contributed by atoms with Crippen molar-refractivity contribution in [2.45, 2.75) is 27.2 Å². The van der Waals surface area contributed by atoms with Crippen molar-refractivity contribution in [1.82, 2.24) is 0 Å². The third-order valence-corrected chi connectivity index (χ3v) is 0.534. The molecule has 0 radical (unpaired) electrons. The van der Waals surface area contributed by atoms with Crippen LogP contribution in [0.15, 0.2) is 24.8 Å². The average Bonchev–Trinajstić information content (AvgIpc) is 2.43. The molecule has 0 N–H and O–H groups in total. The van der Waals surface area contributed by atoms with Crippen molar-refractivity contribution in [2.75, 3.05) is 0 Å². The second kappa shape index (κ2) is 83.5. The summed E-state index contributed by atoms with van der Waals surface area (Å²) in [6.45, 7) is 10.2. The molecular weight excluding hydrogens is 236 g/mol. The maximum atomic E-state index is 9.32. The third-order valence-electron chi connectivity index (χ3n) is 0.534. The minimum atomic E-state index is 0.639. The van der Waals surface area contributed by atoms with E-state index in [-0.39, 0.29) is 0 Å². The summed E-state index contributed by atoms with van der Waals surface area (Å²) in [7, 11) is 0. The second-order valence-corrected chi connectivity index (χ2v) is 1.84. The number of carbonyl (C=O) groups is 5. The molecule has 5 nitrogen and oxygen atoms in total. The van der Waals surface area contributed by atoms with Crippen LogP contribution in [0.3, 0.4) is 0 Å². The summed E-state index contributed by atoms with van der Waals surface area (Å²) in [6.07, 6.45) is 7.98. The van der Waals surface area contributed by atoms with Crippen LogP contribution < -0.4 is 0 Å². The smallest absolute Gasteiger partial charge is 0.142 e. The van der Waals surface area contributed by atoms with Gasteiger partial charge < -0.3 is 14.4 Å². The van der Waals surface area contributed by atoms with Gasteiger partial charge in [-0.1, -0.05) is 19.6 Å². The molecule has 0 saturated heterocycles. The highest BCUT2D eigenvalue weighted by atomic mass is 16.1. The Hall–Kier alpha value is -2.17. The largest absolute Gasteiger partial charge is 0.307 e. The van der Waals surface area contributed by atoms with Crippen LogP contribution in [-0.2, 0) is 24.0 Å². The van der Waals surface area contributed by atoms with Gasteiger partial charge in [0.05, 0.1) is 0 Å². The molecule has 0 aliphatic rings. The fourth-order valence-electron chi connectivity index (χ4n) is 0.0786. The molecule has 0 aromatic carbocycles. The maximum absolute atomic E-state index is 9.32. The van der Waals surface area contributed by atoms with E-state index in [4.69, 9.17) is 14.4 Å². The van der Waals surface area contributed by atoms with Gasteiger partial charge in [0.25, 0.3) is 0 Å². The molecule has 0 spiro atoms. The van der Waals surface area contributed by atoms with Crippen molar-refractivity contribution < 1.29 is 24.0 Å². The minimum absolute atomic E-state index is 0.639. The molecule has 0 atom stereocenters. The van der Waals surface area contributed by atoms with Gasteiger partial charge in [-0.25, -0.2) is 0 Å². The Kier molecular flexibility index (Phi) is 138. The number of hydrogen-bond donors (Lipinski definition) is 0. The Morgan fingerprint density at radius 2 is 1.22 bits per heavy atom. The Labute approximate surface area is 109 Å². The molecule has 0 aromatic rings. The number of carbonyl (C=O) groups excluding carboxylic acids is 5. The lowest BCUT2D eigenvalue weighted by Gasteiger charge is -1.51. The summed E-state index contributed by atoms with van der Waals surface area (Å²) in [5.41, 5.74) is 0. The number of rotatable bonds is 3. The summed E-state index contributed by atoms with van der Waals surface area (Å²) in [5.74, 6) is 0. The van der Waals surface area contributed by atoms with Crippen LogP contribution in [0.4, 0.5) is 0 Å². The average molecular weight is 258 g/mol. The molecule has 18 heavy (non-hydrogen) atoms. The fourth-order valence-corrected chi connectivity index (χ4v) is 0.0786. The van der Waals surface area contributed by atoms with Crippen molar-refractivity contribution in [3.8, 4) is 0 Å². The lowest BCUT2D eigenvalue weighted by atomic mass is 10.6. The quantitative estimate of drug-likeness (QED) is 0.568. The monoisotopic (exact) mass is 258 g/mol. The van der Waals surface area contributed by atoms with Crippen molar-refractivity contribution in [2.24, 2.45) is 0 Å². The first-order chi connectivity index (χ1) is 8.66. The molecule has 0 aliphatic heterocycles. The topological polar surface area (TPSA) is 85.3 Å². The number of allylic oxidation sites excluding steroid dienone is 3. The summed E-state index contributed by atoms with van der Waals surface area (Å²) >= 11 is 0. The summed E-state index contributed by atoms with van der Waals surface area (Å²) in [5, 5.41) is 0. The van der Waals surface area contributed by atoms with Gasteiger partial charge >= 0.3 is 0 Å². The van der Waals surface area contributed by atoms with E-state index < -0.39 is 0 Å². The van der Waals surface area contributed by atoms with Crippen molar-refractivity contribution in [1.29, 1.82) is 0 Å². The van der Waals surface area contributed by atoms with E-state index >= 15 is 0 Å². The minimum Gasteiger partial charge on any atom is -0.307 e. The lowest BCUT2D eigenvalue weighted by Crippen LogP contribution is -1.55. The van der Waals surface area contributed by atoms with Gasteiger partial charge in [-0.2, -0.15) is 0 Å². The van der Waals surface area contributed by atoms with E-state index in [0.29, 0.717) is 12.7 Å².